The smallest absolute Gasteiger partial charge is 0.238 e. The molecule has 0 bridgehead atoms. The summed E-state index contributed by atoms with van der Waals surface area (Å²) in [7, 11) is 0. The fourth-order valence-corrected chi connectivity index (χ4v) is 2.64. The van der Waals surface area contributed by atoms with E-state index >= 15 is 0 Å². The molecule has 0 spiro atoms. The standard InChI is InChI=1S/C20H34NO4/c1-2-3-13-16-19(21(24)25)20(23)17-14-11-9-7-5-4-6-8-10-12-15-18-22/h5,7,11,14,19-20,23H,2-4,6,8-10,12-13,15-17H2,1H3/b7-5-,14-11-. The van der Waals surface area contributed by atoms with Gasteiger partial charge in [0.2, 0.25) is 6.04 Å². The maximum Gasteiger partial charge on any atom is 0.238 e. The van der Waals surface area contributed by atoms with Crippen molar-refractivity contribution < 1.29 is 14.8 Å². The molecule has 0 aliphatic heterocycles. The van der Waals surface area contributed by atoms with E-state index in [1.807, 2.05) is 18.4 Å². The predicted molar refractivity (Wildman–Crippen MR) is 102 cm³/mol. The van der Waals surface area contributed by atoms with Crippen LogP contribution in [-0.4, -0.2) is 28.5 Å². The lowest BCUT2D eigenvalue weighted by Crippen LogP contribution is -2.33. The highest BCUT2D eigenvalue weighted by molar-refractivity contribution is 5.50. The molecule has 0 aromatic carbocycles. The van der Waals surface area contributed by atoms with E-state index in [2.05, 4.69) is 19.1 Å². The van der Waals surface area contributed by atoms with Gasteiger partial charge in [-0.05, 0) is 38.5 Å². The van der Waals surface area contributed by atoms with Crippen LogP contribution < -0.4 is 0 Å². The van der Waals surface area contributed by atoms with Crippen molar-refractivity contribution >= 4 is 6.29 Å². The van der Waals surface area contributed by atoms with Crippen LogP contribution in [0.25, 0.3) is 0 Å². The Kier molecular flexibility index (Phi) is 16.3. The second-order valence-corrected chi connectivity index (χ2v) is 6.43. The molecular formula is C20H34NO4. The van der Waals surface area contributed by atoms with Crippen LogP contribution >= 0.6 is 0 Å². The van der Waals surface area contributed by atoms with Gasteiger partial charge in [0, 0.05) is 17.8 Å². The van der Waals surface area contributed by atoms with E-state index in [1.165, 1.54) is 0 Å². The molecular weight excluding hydrogens is 318 g/mol. The van der Waals surface area contributed by atoms with Gasteiger partial charge in [0.25, 0.3) is 0 Å². The van der Waals surface area contributed by atoms with E-state index in [0.29, 0.717) is 19.3 Å². The Bertz CT molecular complexity index is 393. The van der Waals surface area contributed by atoms with Gasteiger partial charge in [0.15, 0.2) is 6.29 Å². The molecule has 1 N–H and O–H groups in total. The van der Waals surface area contributed by atoms with E-state index < -0.39 is 12.1 Å². The van der Waals surface area contributed by atoms with Gasteiger partial charge in [0.1, 0.15) is 6.10 Å². The number of aliphatic hydroxyl groups is 1. The Morgan fingerprint density at radius 1 is 1.04 bits per heavy atom. The van der Waals surface area contributed by atoms with Crippen LogP contribution in [0.1, 0.15) is 84.0 Å². The fourth-order valence-electron chi connectivity index (χ4n) is 2.64. The van der Waals surface area contributed by atoms with Crippen molar-refractivity contribution in [3.8, 4) is 0 Å². The number of unbranched alkanes of at least 4 members (excludes halogenated alkanes) is 7. The van der Waals surface area contributed by atoms with Crippen LogP contribution in [0, 0.1) is 10.1 Å². The summed E-state index contributed by atoms with van der Waals surface area (Å²) < 4.78 is 0. The molecule has 0 aliphatic rings. The minimum atomic E-state index is -0.907. The Labute approximate surface area is 152 Å². The highest BCUT2D eigenvalue weighted by Gasteiger charge is 2.27. The third-order valence-electron chi connectivity index (χ3n) is 4.20. The average Bonchev–Trinajstić information content (AvgIpc) is 2.59. The first-order valence-corrected chi connectivity index (χ1v) is 9.60. The van der Waals surface area contributed by atoms with E-state index in [1.54, 1.807) is 0 Å². The van der Waals surface area contributed by atoms with E-state index in [9.17, 15) is 20.0 Å². The van der Waals surface area contributed by atoms with Crippen LogP contribution in [0.15, 0.2) is 24.3 Å². The van der Waals surface area contributed by atoms with Crippen LogP contribution in [0.5, 0.6) is 0 Å². The lowest BCUT2D eigenvalue weighted by molar-refractivity contribution is -0.535. The van der Waals surface area contributed by atoms with Crippen LogP contribution in [-0.2, 0) is 4.79 Å². The molecule has 0 aromatic rings. The van der Waals surface area contributed by atoms with Gasteiger partial charge < -0.3 is 5.11 Å². The maximum absolute atomic E-state index is 11.0. The van der Waals surface area contributed by atoms with Crippen LogP contribution in [0.4, 0.5) is 0 Å². The number of nitro groups is 1. The molecule has 5 heteroatoms. The fraction of sp³-hybridized carbons (Fsp3) is 0.750. The van der Waals surface area contributed by atoms with Gasteiger partial charge in [-0.15, -0.1) is 0 Å². The SMILES string of the molecule is CCCCCC(C(O)C/C=C\C/C=C\CCCCCC[C]=O)[N+](=O)[O-]. The quantitative estimate of drug-likeness (QED) is 0.174. The van der Waals surface area contributed by atoms with Gasteiger partial charge in [-0.25, -0.2) is 0 Å². The summed E-state index contributed by atoms with van der Waals surface area (Å²) in [5.74, 6) is 0. The van der Waals surface area contributed by atoms with Crippen molar-refractivity contribution in [1.29, 1.82) is 0 Å². The van der Waals surface area contributed by atoms with Crippen LogP contribution in [0.3, 0.4) is 0 Å². The summed E-state index contributed by atoms with van der Waals surface area (Å²) in [4.78, 5) is 20.7. The van der Waals surface area contributed by atoms with Gasteiger partial charge in [-0.1, -0.05) is 56.9 Å². The van der Waals surface area contributed by atoms with Crippen molar-refractivity contribution in [3.63, 3.8) is 0 Å². The third kappa shape index (κ3) is 14.6. The summed E-state index contributed by atoms with van der Waals surface area (Å²) >= 11 is 0. The third-order valence-corrected chi connectivity index (χ3v) is 4.20. The van der Waals surface area contributed by atoms with Gasteiger partial charge in [-0.3, -0.25) is 14.9 Å². The molecule has 0 heterocycles. The number of nitrogens with zero attached hydrogens (tertiary/aromatic N) is 1. The Hall–Kier alpha value is -1.49. The van der Waals surface area contributed by atoms with E-state index in [-0.39, 0.29) is 4.92 Å². The lowest BCUT2D eigenvalue weighted by Gasteiger charge is -2.14. The number of carbonyl (C=O) groups excluding carboxylic acids is 1. The molecule has 25 heavy (non-hydrogen) atoms. The minimum absolute atomic E-state index is 0.333. The second-order valence-electron chi connectivity index (χ2n) is 6.43. The van der Waals surface area contributed by atoms with Crippen molar-refractivity contribution in [2.45, 2.75) is 96.1 Å². The number of rotatable bonds is 17. The van der Waals surface area contributed by atoms with Gasteiger partial charge in [-0.2, -0.15) is 0 Å². The molecule has 2 atom stereocenters. The molecule has 0 rings (SSSR count). The Morgan fingerprint density at radius 3 is 2.44 bits per heavy atom. The molecule has 0 saturated carbocycles. The van der Waals surface area contributed by atoms with Crippen LogP contribution in [0.2, 0.25) is 0 Å². The first-order chi connectivity index (χ1) is 12.1. The summed E-state index contributed by atoms with van der Waals surface area (Å²) in [5.41, 5.74) is 0. The van der Waals surface area contributed by atoms with Crippen molar-refractivity contribution in [1.82, 2.24) is 0 Å². The summed E-state index contributed by atoms with van der Waals surface area (Å²) in [6, 6.07) is -0.858. The first-order valence-electron chi connectivity index (χ1n) is 9.60. The van der Waals surface area contributed by atoms with E-state index in [0.717, 1.165) is 57.8 Å². The molecule has 0 aliphatic carbocycles. The highest BCUT2D eigenvalue weighted by Crippen LogP contribution is 2.13. The zero-order valence-electron chi connectivity index (χ0n) is 15.6. The molecule has 0 amide bonds. The van der Waals surface area contributed by atoms with Gasteiger partial charge >= 0.3 is 0 Å². The molecule has 143 valence electrons. The van der Waals surface area contributed by atoms with Crippen molar-refractivity contribution in [2.75, 3.05) is 0 Å². The number of aliphatic hydroxyl groups excluding tert-OH is 1. The molecule has 1 radical (unpaired) electrons. The zero-order chi connectivity index (χ0) is 18.8. The second kappa shape index (κ2) is 17.3. The monoisotopic (exact) mass is 352 g/mol. The number of allylic oxidation sites excluding steroid dienone is 3. The molecule has 0 saturated heterocycles. The lowest BCUT2D eigenvalue weighted by atomic mass is 10.0. The number of hydrogen-bond acceptors (Lipinski definition) is 4. The zero-order valence-corrected chi connectivity index (χ0v) is 15.6. The Balaban J connectivity index is 3.80. The molecule has 2 unspecified atom stereocenters. The van der Waals surface area contributed by atoms with Crippen molar-refractivity contribution in [2.24, 2.45) is 0 Å². The largest absolute Gasteiger partial charge is 0.386 e. The van der Waals surface area contributed by atoms with E-state index in [4.69, 9.17) is 0 Å². The minimum Gasteiger partial charge on any atom is -0.386 e. The molecule has 0 aromatic heterocycles. The molecule has 0 fully saturated rings. The summed E-state index contributed by atoms with van der Waals surface area (Å²) in [6.07, 6.45) is 19.2. The average molecular weight is 352 g/mol. The highest BCUT2D eigenvalue weighted by atomic mass is 16.6. The maximum atomic E-state index is 11.0. The summed E-state index contributed by atoms with van der Waals surface area (Å²) in [5, 5.41) is 21.1. The molecule has 5 nitrogen and oxygen atoms in total. The Morgan fingerprint density at radius 2 is 1.76 bits per heavy atom. The van der Waals surface area contributed by atoms with Crippen molar-refractivity contribution in [3.05, 3.63) is 34.4 Å². The first kappa shape index (κ1) is 23.5. The number of hydrogen-bond donors (Lipinski definition) is 1. The van der Waals surface area contributed by atoms with Gasteiger partial charge in [0.05, 0.1) is 0 Å². The summed E-state index contributed by atoms with van der Waals surface area (Å²) in [6.45, 7) is 2.06. The normalized spacial score (nSPS) is 14.2. The predicted octanol–water partition coefficient (Wildman–Crippen LogP) is 4.92. The topological polar surface area (TPSA) is 80.4 Å².